The molecule has 0 heterocycles. The third kappa shape index (κ3) is 4.05. The summed E-state index contributed by atoms with van der Waals surface area (Å²) in [7, 11) is 0. The second kappa shape index (κ2) is 7.04. The molecule has 0 radical (unpaired) electrons. The minimum absolute atomic E-state index is 0.0676. The first kappa shape index (κ1) is 16.0. The number of halogens is 1. The quantitative estimate of drug-likeness (QED) is 0.639. The molecule has 0 spiro atoms. The molecule has 0 saturated carbocycles. The Bertz CT molecular complexity index is 671. The summed E-state index contributed by atoms with van der Waals surface area (Å²) in [6, 6.07) is 13.1. The van der Waals surface area contributed by atoms with Crippen LogP contribution in [-0.4, -0.2) is 22.7 Å². The van der Waals surface area contributed by atoms with Gasteiger partial charge in [-0.15, -0.1) is 0 Å². The standard InChI is InChI=1S/C15H13BrN2O4/c16-12-3-1-11(2-4-12)9-10-17(15(19)20)13-5-7-14(8-6-13)18(21)22/h1-8H,9-10H2,(H,19,20). The summed E-state index contributed by atoms with van der Waals surface area (Å²) in [5.74, 6) is 0. The molecule has 6 nitrogen and oxygen atoms in total. The van der Waals surface area contributed by atoms with Gasteiger partial charge in [0.05, 0.1) is 4.92 Å². The van der Waals surface area contributed by atoms with E-state index in [9.17, 15) is 20.0 Å². The number of nitro groups is 1. The lowest BCUT2D eigenvalue weighted by Crippen LogP contribution is -2.31. The van der Waals surface area contributed by atoms with Crippen LogP contribution in [0.15, 0.2) is 53.0 Å². The van der Waals surface area contributed by atoms with Crippen LogP contribution in [0.4, 0.5) is 16.2 Å². The summed E-state index contributed by atoms with van der Waals surface area (Å²) in [6.45, 7) is 0.273. The molecule has 2 rings (SSSR count). The largest absolute Gasteiger partial charge is 0.465 e. The van der Waals surface area contributed by atoms with Crippen molar-refractivity contribution in [1.29, 1.82) is 0 Å². The van der Waals surface area contributed by atoms with Crippen LogP contribution in [0, 0.1) is 10.1 Å². The molecule has 0 bridgehead atoms. The maximum atomic E-state index is 11.4. The predicted molar refractivity (Wildman–Crippen MR) is 86.3 cm³/mol. The molecule has 22 heavy (non-hydrogen) atoms. The molecule has 0 saturated heterocycles. The molecule has 7 heteroatoms. The van der Waals surface area contributed by atoms with Crippen molar-refractivity contribution in [2.24, 2.45) is 0 Å². The van der Waals surface area contributed by atoms with Crippen LogP contribution in [0.25, 0.3) is 0 Å². The van der Waals surface area contributed by atoms with Gasteiger partial charge in [0.15, 0.2) is 0 Å². The molecule has 0 aliphatic heterocycles. The number of nitro benzene ring substituents is 1. The molecule has 1 amide bonds. The van der Waals surface area contributed by atoms with Gasteiger partial charge in [-0.05, 0) is 36.2 Å². The zero-order valence-corrected chi connectivity index (χ0v) is 13.1. The number of benzene rings is 2. The predicted octanol–water partition coefficient (Wildman–Crippen LogP) is 4.08. The Kier molecular flexibility index (Phi) is 5.11. The van der Waals surface area contributed by atoms with E-state index in [2.05, 4.69) is 15.9 Å². The topological polar surface area (TPSA) is 83.7 Å². The van der Waals surface area contributed by atoms with E-state index in [-0.39, 0.29) is 12.2 Å². The fraction of sp³-hybridized carbons (Fsp3) is 0.133. The Morgan fingerprint density at radius 1 is 1.14 bits per heavy atom. The Labute approximate surface area is 135 Å². The first-order valence-corrected chi connectivity index (χ1v) is 7.26. The van der Waals surface area contributed by atoms with Crippen LogP contribution in [0.3, 0.4) is 0 Å². The van der Waals surface area contributed by atoms with Crippen LogP contribution >= 0.6 is 15.9 Å². The summed E-state index contributed by atoms with van der Waals surface area (Å²) in [5, 5.41) is 19.9. The monoisotopic (exact) mass is 364 g/mol. The van der Waals surface area contributed by atoms with Gasteiger partial charge in [0.2, 0.25) is 0 Å². The highest BCUT2D eigenvalue weighted by molar-refractivity contribution is 9.10. The molecule has 114 valence electrons. The van der Waals surface area contributed by atoms with E-state index in [0.29, 0.717) is 12.1 Å². The van der Waals surface area contributed by atoms with Gasteiger partial charge in [-0.25, -0.2) is 4.79 Å². The van der Waals surface area contributed by atoms with E-state index < -0.39 is 11.0 Å². The second-order valence-corrected chi connectivity index (χ2v) is 5.50. The van der Waals surface area contributed by atoms with Gasteiger partial charge in [0.25, 0.3) is 5.69 Å². The number of hydrogen-bond acceptors (Lipinski definition) is 3. The molecular weight excluding hydrogens is 352 g/mol. The van der Waals surface area contributed by atoms with Crippen molar-refractivity contribution in [2.45, 2.75) is 6.42 Å². The number of rotatable bonds is 5. The number of carboxylic acid groups (broad SMARTS) is 1. The molecule has 0 fully saturated rings. The molecule has 2 aromatic rings. The fourth-order valence-electron chi connectivity index (χ4n) is 1.98. The molecule has 1 N–H and O–H groups in total. The van der Waals surface area contributed by atoms with Crippen molar-refractivity contribution in [3.63, 3.8) is 0 Å². The second-order valence-electron chi connectivity index (χ2n) is 4.58. The SMILES string of the molecule is O=C(O)N(CCc1ccc(Br)cc1)c1ccc([N+](=O)[O-])cc1. The lowest BCUT2D eigenvalue weighted by Gasteiger charge is -2.19. The van der Waals surface area contributed by atoms with Gasteiger partial charge in [0, 0.05) is 28.8 Å². The number of carbonyl (C=O) groups is 1. The van der Waals surface area contributed by atoms with Gasteiger partial charge in [-0.2, -0.15) is 0 Å². The van der Waals surface area contributed by atoms with Crippen molar-refractivity contribution in [3.05, 3.63) is 68.7 Å². The third-order valence-electron chi connectivity index (χ3n) is 3.14. The average Bonchev–Trinajstić information content (AvgIpc) is 2.49. The van der Waals surface area contributed by atoms with Crippen molar-refractivity contribution < 1.29 is 14.8 Å². The summed E-state index contributed by atoms with van der Waals surface area (Å²) in [5.41, 5.74) is 1.36. The van der Waals surface area contributed by atoms with Crippen molar-refractivity contribution in [1.82, 2.24) is 0 Å². The Hall–Kier alpha value is -2.41. The summed E-state index contributed by atoms with van der Waals surface area (Å²) < 4.78 is 0.960. The summed E-state index contributed by atoms with van der Waals surface area (Å²) in [6.07, 6.45) is -0.540. The number of non-ortho nitro benzene ring substituents is 1. The van der Waals surface area contributed by atoms with Crippen LogP contribution in [0.5, 0.6) is 0 Å². The van der Waals surface area contributed by atoms with Gasteiger partial charge in [-0.3, -0.25) is 15.0 Å². The third-order valence-corrected chi connectivity index (χ3v) is 3.67. The van der Waals surface area contributed by atoms with Crippen LogP contribution in [0.2, 0.25) is 0 Å². The molecular formula is C15H13BrN2O4. The van der Waals surface area contributed by atoms with Crippen LogP contribution in [-0.2, 0) is 6.42 Å². The minimum Gasteiger partial charge on any atom is -0.465 e. The van der Waals surface area contributed by atoms with Crippen LogP contribution < -0.4 is 4.90 Å². The molecule has 0 unspecified atom stereocenters. The van der Waals surface area contributed by atoms with E-state index in [0.717, 1.165) is 10.0 Å². The highest BCUT2D eigenvalue weighted by Crippen LogP contribution is 2.20. The molecule has 2 aromatic carbocycles. The number of anilines is 1. The van der Waals surface area contributed by atoms with Gasteiger partial charge in [-0.1, -0.05) is 28.1 Å². The van der Waals surface area contributed by atoms with Crippen molar-refractivity contribution in [3.8, 4) is 0 Å². The maximum Gasteiger partial charge on any atom is 0.411 e. The van der Waals surface area contributed by atoms with Crippen molar-refractivity contribution in [2.75, 3.05) is 11.4 Å². The summed E-state index contributed by atoms with van der Waals surface area (Å²) in [4.78, 5) is 22.7. The maximum absolute atomic E-state index is 11.4. The fourth-order valence-corrected chi connectivity index (χ4v) is 2.25. The Morgan fingerprint density at radius 2 is 1.73 bits per heavy atom. The normalized spacial score (nSPS) is 10.2. The van der Waals surface area contributed by atoms with E-state index in [4.69, 9.17) is 0 Å². The molecule has 0 atom stereocenters. The smallest absolute Gasteiger partial charge is 0.411 e. The average molecular weight is 365 g/mol. The summed E-state index contributed by atoms with van der Waals surface area (Å²) >= 11 is 3.34. The minimum atomic E-state index is -1.09. The van der Waals surface area contributed by atoms with E-state index in [1.165, 1.54) is 29.2 Å². The molecule has 0 aromatic heterocycles. The van der Waals surface area contributed by atoms with Crippen molar-refractivity contribution >= 4 is 33.4 Å². The van der Waals surface area contributed by atoms with E-state index in [1.807, 2.05) is 24.3 Å². The number of nitrogens with zero attached hydrogens (tertiary/aromatic N) is 2. The Balaban J connectivity index is 2.11. The highest BCUT2D eigenvalue weighted by atomic mass is 79.9. The highest BCUT2D eigenvalue weighted by Gasteiger charge is 2.15. The Morgan fingerprint density at radius 3 is 2.23 bits per heavy atom. The molecule has 0 aliphatic rings. The van der Waals surface area contributed by atoms with Gasteiger partial charge in [0.1, 0.15) is 0 Å². The van der Waals surface area contributed by atoms with E-state index >= 15 is 0 Å². The van der Waals surface area contributed by atoms with E-state index in [1.54, 1.807) is 0 Å². The lowest BCUT2D eigenvalue weighted by atomic mass is 10.1. The van der Waals surface area contributed by atoms with Crippen LogP contribution in [0.1, 0.15) is 5.56 Å². The lowest BCUT2D eigenvalue weighted by molar-refractivity contribution is -0.384. The zero-order valence-electron chi connectivity index (χ0n) is 11.5. The number of hydrogen-bond donors (Lipinski definition) is 1. The first-order valence-electron chi connectivity index (χ1n) is 6.47. The number of amides is 1. The first-order chi connectivity index (χ1) is 10.5. The molecule has 0 aliphatic carbocycles. The van der Waals surface area contributed by atoms with Gasteiger partial charge < -0.3 is 5.11 Å². The van der Waals surface area contributed by atoms with Gasteiger partial charge >= 0.3 is 6.09 Å². The zero-order chi connectivity index (χ0) is 16.1.